The molecule has 0 unspecified atom stereocenters. The van der Waals surface area contributed by atoms with E-state index in [1.165, 1.54) is 6.42 Å². The van der Waals surface area contributed by atoms with Crippen molar-refractivity contribution in [2.24, 2.45) is 5.92 Å². The molecule has 4 nitrogen and oxygen atoms in total. The van der Waals surface area contributed by atoms with E-state index in [9.17, 15) is 4.79 Å². The van der Waals surface area contributed by atoms with Crippen LogP contribution in [0.1, 0.15) is 56.4 Å². The molecule has 1 aliphatic heterocycles. The van der Waals surface area contributed by atoms with Crippen molar-refractivity contribution >= 4 is 27.5 Å². The molecule has 1 aliphatic rings. The lowest BCUT2D eigenvalue weighted by molar-refractivity contribution is -0.134. The first-order valence-corrected chi connectivity index (χ1v) is 11.9. The fourth-order valence-corrected chi connectivity index (χ4v) is 5.13. The number of hydrogen-bond acceptors (Lipinski definition) is 4. The Bertz CT molecular complexity index is 821. The molecule has 1 fully saturated rings. The molecule has 30 heavy (non-hydrogen) atoms. The highest BCUT2D eigenvalue weighted by Crippen LogP contribution is 2.36. The standard InChI is InChI=1S/C25H34N2O2S/c1-4-20(11-10-17-29-18-14-19(2)3)23(25(28)27-15-8-5-9-16-27)24-26-21-12-6-7-13-22(21)30-24/h4,6-7,12-13,20,23H,1-2,5,8-11,14-18H2,3H3/t20-,23+/m1/s1. The summed E-state index contributed by atoms with van der Waals surface area (Å²) in [7, 11) is 0. The lowest BCUT2D eigenvalue weighted by Crippen LogP contribution is -2.40. The van der Waals surface area contributed by atoms with Gasteiger partial charge in [0.05, 0.1) is 22.7 Å². The number of benzene rings is 1. The number of carbonyl (C=O) groups excluding carboxylic acids is 1. The minimum absolute atomic E-state index is 0.0599. The maximum atomic E-state index is 13.6. The van der Waals surface area contributed by atoms with Gasteiger partial charge < -0.3 is 9.64 Å². The summed E-state index contributed by atoms with van der Waals surface area (Å²) >= 11 is 1.64. The van der Waals surface area contributed by atoms with E-state index < -0.39 is 0 Å². The number of carbonyl (C=O) groups is 1. The highest BCUT2D eigenvalue weighted by molar-refractivity contribution is 7.18. The van der Waals surface area contributed by atoms with Gasteiger partial charge in [-0.3, -0.25) is 4.79 Å². The van der Waals surface area contributed by atoms with E-state index in [-0.39, 0.29) is 17.7 Å². The van der Waals surface area contributed by atoms with Gasteiger partial charge in [0.15, 0.2) is 0 Å². The third-order valence-corrected chi connectivity index (χ3v) is 6.86. The first kappa shape index (κ1) is 22.7. The van der Waals surface area contributed by atoms with E-state index in [1.807, 2.05) is 36.1 Å². The molecule has 1 aromatic carbocycles. The van der Waals surface area contributed by atoms with Crippen LogP contribution in [-0.2, 0) is 9.53 Å². The lowest BCUT2D eigenvalue weighted by Gasteiger charge is -2.32. The molecule has 0 bridgehead atoms. The topological polar surface area (TPSA) is 42.4 Å². The second-order valence-electron chi connectivity index (χ2n) is 8.24. The predicted octanol–water partition coefficient (Wildman–Crippen LogP) is 5.96. The fourth-order valence-electron chi connectivity index (χ4n) is 4.00. The number of fused-ring (bicyclic) bond motifs is 1. The molecule has 0 aliphatic carbocycles. The SMILES string of the molecule is C=C[C@H](CCCOCCC(=C)C)[C@H](C(=O)N1CCCCC1)c1nc2ccccc2s1. The van der Waals surface area contributed by atoms with Crippen molar-refractivity contribution in [2.75, 3.05) is 26.3 Å². The molecule has 0 saturated carbocycles. The molecule has 2 aromatic rings. The second kappa shape index (κ2) is 11.4. The van der Waals surface area contributed by atoms with Crippen molar-refractivity contribution in [1.82, 2.24) is 9.88 Å². The molecular formula is C25H34N2O2S. The Morgan fingerprint density at radius 3 is 2.73 bits per heavy atom. The maximum absolute atomic E-state index is 13.6. The second-order valence-corrected chi connectivity index (χ2v) is 9.31. The Morgan fingerprint density at radius 1 is 1.27 bits per heavy atom. The Balaban J connectivity index is 1.74. The summed E-state index contributed by atoms with van der Waals surface area (Å²) in [6.45, 7) is 13.1. The third-order valence-electron chi connectivity index (χ3n) is 5.74. The van der Waals surface area contributed by atoms with Gasteiger partial charge in [0.25, 0.3) is 0 Å². The minimum atomic E-state index is -0.256. The zero-order valence-electron chi connectivity index (χ0n) is 18.1. The molecular weight excluding hydrogens is 392 g/mol. The number of piperidine rings is 1. The number of nitrogens with zero attached hydrogens (tertiary/aromatic N) is 2. The van der Waals surface area contributed by atoms with Crippen LogP contribution in [-0.4, -0.2) is 42.1 Å². The van der Waals surface area contributed by atoms with E-state index in [0.29, 0.717) is 13.2 Å². The number of aromatic nitrogens is 1. The largest absolute Gasteiger partial charge is 0.381 e. The van der Waals surface area contributed by atoms with Gasteiger partial charge in [-0.25, -0.2) is 4.98 Å². The molecule has 0 spiro atoms. The Hall–Kier alpha value is -1.98. The van der Waals surface area contributed by atoms with Crippen molar-refractivity contribution < 1.29 is 9.53 Å². The van der Waals surface area contributed by atoms with Crippen molar-refractivity contribution in [3.63, 3.8) is 0 Å². The van der Waals surface area contributed by atoms with E-state index in [0.717, 1.165) is 66.0 Å². The normalized spacial score (nSPS) is 16.4. The van der Waals surface area contributed by atoms with Crippen molar-refractivity contribution in [1.29, 1.82) is 0 Å². The van der Waals surface area contributed by atoms with Crippen LogP contribution >= 0.6 is 11.3 Å². The number of amides is 1. The summed E-state index contributed by atoms with van der Waals surface area (Å²) in [5.74, 6) is 0.0139. The Morgan fingerprint density at radius 2 is 2.03 bits per heavy atom. The number of rotatable bonds is 11. The van der Waals surface area contributed by atoms with E-state index in [2.05, 4.69) is 19.2 Å². The first-order valence-electron chi connectivity index (χ1n) is 11.1. The Labute approximate surface area is 184 Å². The molecule has 5 heteroatoms. The summed E-state index contributed by atoms with van der Waals surface area (Å²) in [5, 5.41) is 0.917. The van der Waals surface area contributed by atoms with Gasteiger partial charge in [0.1, 0.15) is 5.01 Å². The monoisotopic (exact) mass is 426 g/mol. The van der Waals surface area contributed by atoms with E-state index >= 15 is 0 Å². The fraction of sp³-hybridized carbons (Fsp3) is 0.520. The molecule has 1 amide bonds. The van der Waals surface area contributed by atoms with E-state index in [1.54, 1.807) is 11.3 Å². The summed E-state index contributed by atoms with van der Waals surface area (Å²) in [6, 6.07) is 8.13. The van der Waals surface area contributed by atoms with Crippen molar-refractivity contribution in [3.8, 4) is 0 Å². The number of para-hydroxylation sites is 1. The lowest BCUT2D eigenvalue weighted by atomic mass is 9.87. The molecule has 1 saturated heterocycles. The number of ether oxygens (including phenoxy) is 1. The third kappa shape index (κ3) is 6.02. The zero-order chi connectivity index (χ0) is 21.3. The van der Waals surface area contributed by atoms with Gasteiger partial charge in [-0.1, -0.05) is 23.8 Å². The summed E-state index contributed by atoms with van der Waals surface area (Å²) in [5.41, 5.74) is 2.11. The number of thiazole rings is 1. The highest BCUT2D eigenvalue weighted by Gasteiger charge is 2.34. The average Bonchev–Trinajstić information content (AvgIpc) is 3.19. The van der Waals surface area contributed by atoms with Crippen LogP contribution in [0, 0.1) is 5.92 Å². The number of hydrogen-bond donors (Lipinski definition) is 0. The number of allylic oxidation sites excluding steroid dienone is 1. The quantitative estimate of drug-likeness (QED) is 0.329. The van der Waals surface area contributed by atoms with Gasteiger partial charge >= 0.3 is 0 Å². The van der Waals surface area contributed by atoms with E-state index in [4.69, 9.17) is 9.72 Å². The summed E-state index contributed by atoms with van der Waals surface area (Å²) in [4.78, 5) is 20.5. The van der Waals surface area contributed by atoms with Crippen molar-refractivity contribution in [3.05, 3.63) is 54.1 Å². The zero-order valence-corrected chi connectivity index (χ0v) is 19.0. The van der Waals surface area contributed by atoms with Crippen LogP contribution in [0.15, 0.2) is 49.1 Å². The minimum Gasteiger partial charge on any atom is -0.381 e. The van der Waals surface area contributed by atoms with Gasteiger partial charge in [0, 0.05) is 19.7 Å². The van der Waals surface area contributed by atoms with Gasteiger partial charge in [0.2, 0.25) is 5.91 Å². The highest BCUT2D eigenvalue weighted by atomic mass is 32.1. The number of likely N-dealkylation sites (tertiary alicyclic amines) is 1. The molecule has 2 atom stereocenters. The molecule has 2 heterocycles. The summed E-state index contributed by atoms with van der Waals surface area (Å²) in [6.07, 6.45) is 8.01. The summed E-state index contributed by atoms with van der Waals surface area (Å²) < 4.78 is 6.88. The van der Waals surface area contributed by atoms with Crippen molar-refractivity contribution in [2.45, 2.75) is 51.4 Å². The van der Waals surface area contributed by atoms with Crippen LogP contribution < -0.4 is 0 Å². The molecule has 162 valence electrons. The van der Waals surface area contributed by atoms with Crippen LogP contribution in [0.25, 0.3) is 10.2 Å². The van der Waals surface area contributed by atoms with Gasteiger partial charge in [-0.15, -0.1) is 24.5 Å². The van der Waals surface area contributed by atoms with Crippen LogP contribution in [0.3, 0.4) is 0 Å². The van der Waals surface area contributed by atoms with Crippen LogP contribution in [0.4, 0.5) is 0 Å². The predicted molar refractivity (Wildman–Crippen MR) is 126 cm³/mol. The average molecular weight is 427 g/mol. The Kier molecular flexibility index (Phi) is 8.64. The molecule has 0 N–H and O–H groups in total. The van der Waals surface area contributed by atoms with Gasteiger partial charge in [-0.05, 0) is 63.5 Å². The van der Waals surface area contributed by atoms with Gasteiger partial charge in [-0.2, -0.15) is 0 Å². The molecule has 1 aromatic heterocycles. The first-order chi connectivity index (χ1) is 14.6. The smallest absolute Gasteiger partial charge is 0.233 e. The van der Waals surface area contributed by atoms with Crippen LogP contribution in [0.2, 0.25) is 0 Å². The molecule has 3 rings (SSSR count). The maximum Gasteiger partial charge on any atom is 0.233 e. The van der Waals surface area contributed by atoms with Crippen LogP contribution in [0.5, 0.6) is 0 Å². The molecule has 0 radical (unpaired) electrons.